The highest BCUT2D eigenvalue weighted by molar-refractivity contribution is 5.34. The van der Waals surface area contributed by atoms with E-state index in [1.54, 1.807) is 0 Å². The third-order valence-electron chi connectivity index (χ3n) is 4.18. The van der Waals surface area contributed by atoms with Crippen LogP contribution in [0.3, 0.4) is 0 Å². The fraction of sp³-hybridized carbons (Fsp3) is 0.600. The first-order chi connectivity index (χ1) is 10.6. The lowest BCUT2D eigenvalue weighted by Crippen LogP contribution is -2.36. The molecule has 1 saturated heterocycles. The fourth-order valence-electron chi connectivity index (χ4n) is 3.09. The molecule has 1 atom stereocenters. The minimum atomic E-state index is -0.0832. The van der Waals surface area contributed by atoms with Gasteiger partial charge in [-0.1, -0.05) is 0 Å². The summed E-state index contributed by atoms with van der Waals surface area (Å²) in [6, 6.07) is 1.99. The zero-order valence-corrected chi connectivity index (χ0v) is 13.3. The van der Waals surface area contributed by atoms with Gasteiger partial charge in [0.25, 0.3) is 0 Å². The Kier molecular flexibility index (Phi) is 4.06. The number of hydrogen-bond donors (Lipinski definition) is 1. The van der Waals surface area contributed by atoms with Crippen molar-refractivity contribution in [1.29, 1.82) is 0 Å². The average Bonchev–Trinajstić information content (AvgIpc) is 2.87. The Labute approximate surface area is 130 Å². The van der Waals surface area contributed by atoms with Crippen LogP contribution in [0, 0.1) is 13.8 Å². The van der Waals surface area contributed by atoms with Gasteiger partial charge in [0.1, 0.15) is 12.4 Å². The topological polar surface area (TPSA) is 80.0 Å². The molecule has 0 aromatic carbocycles. The van der Waals surface area contributed by atoms with Crippen LogP contribution in [0.4, 0.5) is 5.95 Å². The van der Waals surface area contributed by atoms with E-state index in [4.69, 9.17) is 0 Å². The standard InChI is InChI=1S/C15H22N6O/c1-10-7-11(2)17-15(16-10)21-6-4-5-12(8-21)14-19-18-13(9-22)20(14)3/h7,12,22H,4-6,8-9H2,1-3H3/t12-/m1/s1. The van der Waals surface area contributed by atoms with Gasteiger partial charge in [0.15, 0.2) is 5.82 Å². The van der Waals surface area contributed by atoms with E-state index < -0.39 is 0 Å². The van der Waals surface area contributed by atoms with Crippen molar-refractivity contribution < 1.29 is 5.11 Å². The third kappa shape index (κ3) is 2.81. The van der Waals surface area contributed by atoms with E-state index in [9.17, 15) is 5.11 Å². The van der Waals surface area contributed by atoms with Crippen molar-refractivity contribution in [3.05, 3.63) is 29.1 Å². The molecule has 0 unspecified atom stereocenters. The molecule has 3 heterocycles. The van der Waals surface area contributed by atoms with Crippen LogP contribution in [0.15, 0.2) is 6.07 Å². The third-order valence-corrected chi connectivity index (χ3v) is 4.18. The number of piperidine rings is 1. The highest BCUT2D eigenvalue weighted by Gasteiger charge is 2.27. The molecule has 1 fully saturated rings. The molecule has 7 nitrogen and oxygen atoms in total. The molecule has 2 aromatic rings. The van der Waals surface area contributed by atoms with Crippen molar-refractivity contribution in [2.24, 2.45) is 7.05 Å². The van der Waals surface area contributed by atoms with E-state index >= 15 is 0 Å². The van der Waals surface area contributed by atoms with E-state index in [0.29, 0.717) is 5.82 Å². The highest BCUT2D eigenvalue weighted by Crippen LogP contribution is 2.27. The Morgan fingerprint density at radius 2 is 1.95 bits per heavy atom. The lowest BCUT2D eigenvalue weighted by atomic mass is 9.97. The quantitative estimate of drug-likeness (QED) is 0.914. The second-order valence-corrected chi connectivity index (χ2v) is 5.93. The fourth-order valence-corrected chi connectivity index (χ4v) is 3.09. The van der Waals surface area contributed by atoms with Gasteiger partial charge in [-0.05, 0) is 32.8 Å². The number of hydrogen-bond acceptors (Lipinski definition) is 6. The van der Waals surface area contributed by atoms with Gasteiger partial charge in [0, 0.05) is 37.4 Å². The van der Waals surface area contributed by atoms with E-state index in [1.807, 2.05) is 31.5 Å². The molecule has 0 radical (unpaired) electrons. The smallest absolute Gasteiger partial charge is 0.225 e. The van der Waals surface area contributed by atoms with Gasteiger partial charge in [-0.15, -0.1) is 10.2 Å². The number of aryl methyl sites for hydroxylation is 2. The molecule has 7 heteroatoms. The summed E-state index contributed by atoms with van der Waals surface area (Å²) in [5, 5.41) is 17.6. The zero-order valence-electron chi connectivity index (χ0n) is 13.3. The minimum Gasteiger partial charge on any atom is -0.388 e. The summed E-state index contributed by atoms with van der Waals surface area (Å²) in [6.07, 6.45) is 2.14. The largest absolute Gasteiger partial charge is 0.388 e. The first kappa shape index (κ1) is 14.9. The van der Waals surface area contributed by atoms with Gasteiger partial charge < -0.3 is 14.6 Å². The minimum absolute atomic E-state index is 0.0832. The van der Waals surface area contributed by atoms with Crippen LogP contribution in [0.25, 0.3) is 0 Å². The summed E-state index contributed by atoms with van der Waals surface area (Å²) in [6.45, 7) is 5.70. The van der Waals surface area contributed by atoms with Crippen molar-refractivity contribution in [2.45, 2.75) is 39.2 Å². The normalized spacial score (nSPS) is 18.7. The van der Waals surface area contributed by atoms with Gasteiger partial charge in [-0.25, -0.2) is 9.97 Å². The number of aliphatic hydroxyl groups excluding tert-OH is 1. The van der Waals surface area contributed by atoms with Crippen LogP contribution in [-0.4, -0.2) is 42.9 Å². The average molecular weight is 302 g/mol. The molecule has 22 heavy (non-hydrogen) atoms. The zero-order chi connectivity index (χ0) is 15.7. The molecule has 0 saturated carbocycles. The van der Waals surface area contributed by atoms with Crippen molar-refractivity contribution in [1.82, 2.24) is 24.7 Å². The molecule has 1 aliphatic heterocycles. The van der Waals surface area contributed by atoms with Crippen LogP contribution in [-0.2, 0) is 13.7 Å². The number of rotatable bonds is 3. The second kappa shape index (κ2) is 6.00. The highest BCUT2D eigenvalue weighted by atomic mass is 16.3. The Bertz CT molecular complexity index is 648. The molecule has 0 amide bonds. The summed E-state index contributed by atoms with van der Waals surface area (Å²) in [7, 11) is 1.91. The first-order valence-corrected chi connectivity index (χ1v) is 7.64. The predicted molar refractivity (Wildman–Crippen MR) is 82.6 cm³/mol. The van der Waals surface area contributed by atoms with Gasteiger partial charge in [0.2, 0.25) is 5.95 Å². The predicted octanol–water partition coefficient (Wildman–Crippen LogP) is 1.10. The lowest BCUT2D eigenvalue weighted by molar-refractivity contribution is 0.266. The van der Waals surface area contributed by atoms with Crippen molar-refractivity contribution in [3.8, 4) is 0 Å². The van der Waals surface area contributed by atoms with Crippen molar-refractivity contribution >= 4 is 5.95 Å². The molecular weight excluding hydrogens is 280 g/mol. The number of aliphatic hydroxyl groups is 1. The van der Waals surface area contributed by atoms with Crippen LogP contribution in [0.5, 0.6) is 0 Å². The van der Waals surface area contributed by atoms with Crippen molar-refractivity contribution in [3.63, 3.8) is 0 Å². The molecule has 0 spiro atoms. The van der Waals surface area contributed by atoms with Crippen LogP contribution < -0.4 is 4.90 Å². The van der Waals surface area contributed by atoms with Gasteiger partial charge in [-0.2, -0.15) is 0 Å². The monoisotopic (exact) mass is 302 g/mol. The molecular formula is C15H22N6O. The number of aromatic nitrogens is 5. The Morgan fingerprint density at radius 1 is 1.23 bits per heavy atom. The Balaban J connectivity index is 1.83. The maximum absolute atomic E-state index is 9.27. The Morgan fingerprint density at radius 3 is 2.59 bits per heavy atom. The SMILES string of the molecule is Cc1cc(C)nc(N2CCC[C@@H](c3nnc(CO)n3C)C2)n1. The van der Waals surface area contributed by atoms with Gasteiger partial charge in [-0.3, -0.25) is 0 Å². The summed E-state index contributed by atoms with van der Waals surface area (Å²) in [5.74, 6) is 2.62. The molecule has 1 aliphatic rings. The Hall–Kier alpha value is -2.02. The number of nitrogens with zero attached hydrogens (tertiary/aromatic N) is 6. The molecule has 0 aliphatic carbocycles. The maximum atomic E-state index is 9.27. The first-order valence-electron chi connectivity index (χ1n) is 7.64. The van der Waals surface area contributed by atoms with Gasteiger partial charge in [0.05, 0.1) is 0 Å². The lowest BCUT2D eigenvalue weighted by Gasteiger charge is -2.32. The summed E-state index contributed by atoms with van der Waals surface area (Å²) >= 11 is 0. The van der Waals surface area contributed by atoms with Crippen LogP contribution >= 0.6 is 0 Å². The van der Waals surface area contributed by atoms with E-state index in [1.165, 1.54) is 0 Å². The van der Waals surface area contributed by atoms with E-state index in [0.717, 1.165) is 49.1 Å². The molecule has 1 N–H and O–H groups in total. The number of anilines is 1. The molecule has 3 rings (SSSR count). The molecule has 0 bridgehead atoms. The second-order valence-electron chi connectivity index (χ2n) is 5.93. The maximum Gasteiger partial charge on any atom is 0.225 e. The van der Waals surface area contributed by atoms with Crippen LogP contribution in [0.2, 0.25) is 0 Å². The summed E-state index contributed by atoms with van der Waals surface area (Å²) < 4.78 is 1.90. The van der Waals surface area contributed by atoms with Gasteiger partial charge >= 0.3 is 0 Å². The van der Waals surface area contributed by atoms with E-state index in [2.05, 4.69) is 25.1 Å². The van der Waals surface area contributed by atoms with Crippen LogP contribution in [0.1, 0.15) is 41.8 Å². The summed E-state index contributed by atoms with van der Waals surface area (Å²) in [4.78, 5) is 11.3. The molecule has 118 valence electrons. The summed E-state index contributed by atoms with van der Waals surface area (Å²) in [5.41, 5.74) is 1.98. The van der Waals surface area contributed by atoms with E-state index in [-0.39, 0.29) is 12.5 Å². The molecule has 2 aromatic heterocycles. The van der Waals surface area contributed by atoms with Crippen molar-refractivity contribution in [2.75, 3.05) is 18.0 Å².